The molecule has 98 valence electrons. The van der Waals surface area contributed by atoms with Gasteiger partial charge in [-0.2, -0.15) is 0 Å². The van der Waals surface area contributed by atoms with Gasteiger partial charge in [-0.15, -0.1) is 0 Å². The molecule has 1 rings (SSSR count). The van der Waals surface area contributed by atoms with Crippen LogP contribution in [0.25, 0.3) is 0 Å². The first kappa shape index (κ1) is 14.5. The van der Waals surface area contributed by atoms with Crippen LogP contribution < -0.4 is 11.1 Å². The molecule has 5 heteroatoms. The molecule has 0 aromatic heterocycles. The van der Waals surface area contributed by atoms with E-state index < -0.39 is 5.91 Å². The van der Waals surface area contributed by atoms with Crippen LogP contribution in [0.15, 0.2) is 18.2 Å². The maximum atomic E-state index is 11.6. The normalized spacial score (nSPS) is 10.4. The van der Waals surface area contributed by atoms with Gasteiger partial charge in [0.05, 0.1) is 10.6 Å². The molecule has 4 nitrogen and oxygen atoms in total. The Labute approximate surface area is 112 Å². The van der Waals surface area contributed by atoms with Crippen molar-refractivity contribution in [2.75, 3.05) is 5.32 Å². The molecule has 0 saturated heterocycles. The molecule has 0 aliphatic rings. The van der Waals surface area contributed by atoms with Crippen LogP contribution >= 0.6 is 11.6 Å². The zero-order valence-corrected chi connectivity index (χ0v) is 11.3. The number of hydrogen-bond acceptors (Lipinski definition) is 2. The first-order valence-corrected chi connectivity index (χ1v) is 6.17. The monoisotopic (exact) mass is 268 g/mol. The molecule has 1 aromatic rings. The Kier molecular flexibility index (Phi) is 5.16. The molecule has 1 aromatic carbocycles. The number of nitrogens with one attached hydrogen (secondary N) is 1. The van der Waals surface area contributed by atoms with E-state index in [0.29, 0.717) is 18.0 Å². The highest BCUT2D eigenvalue weighted by molar-refractivity contribution is 6.34. The van der Waals surface area contributed by atoms with Gasteiger partial charge in [0.2, 0.25) is 11.8 Å². The van der Waals surface area contributed by atoms with E-state index in [1.165, 1.54) is 12.1 Å². The van der Waals surface area contributed by atoms with Crippen LogP contribution in [0, 0.1) is 5.92 Å². The standard InChI is InChI=1S/C13H17ClN2O2/c1-8(2)3-6-12(17)16-9-4-5-10(13(15)18)11(14)7-9/h4-5,7-8H,3,6H2,1-2H3,(H2,15,18)(H,16,17). The van der Waals surface area contributed by atoms with Gasteiger partial charge in [0.1, 0.15) is 0 Å². The molecule has 0 atom stereocenters. The molecule has 18 heavy (non-hydrogen) atoms. The molecule has 0 bridgehead atoms. The second kappa shape index (κ2) is 6.40. The lowest BCUT2D eigenvalue weighted by Crippen LogP contribution is -2.14. The van der Waals surface area contributed by atoms with E-state index in [1.807, 2.05) is 0 Å². The molecule has 0 radical (unpaired) electrons. The number of nitrogens with two attached hydrogens (primary N) is 1. The molecule has 0 unspecified atom stereocenters. The lowest BCUT2D eigenvalue weighted by Gasteiger charge is -2.08. The SMILES string of the molecule is CC(C)CCC(=O)Nc1ccc(C(N)=O)c(Cl)c1. The highest BCUT2D eigenvalue weighted by Gasteiger charge is 2.09. The Morgan fingerprint density at radius 2 is 2.06 bits per heavy atom. The van der Waals surface area contributed by atoms with Gasteiger partial charge in [-0.1, -0.05) is 25.4 Å². The molecule has 2 amide bonds. The van der Waals surface area contributed by atoms with Gasteiger partial charge in [-0.3, -0.25) is 9.59 Å². The summed E-state index contributed by atoms with van der Waals surface area (Å²) < 4.78 is 0. The molecular weight excluding hydrogens is 252 g/mol. The number of primary amides is 1. The Balaban J connectivity index is 2.66. The van der Waals surface area contributed by atoms with E-state index in [4.69, 9.17) is 17.3 Å². The van der Waals surface area contributed by atoms with E-state index in [0.717, 1.165) is 6.42 Å². The van der Waals surface area contributed by atoms with Crippen molar-refractivity contribution in [2.45, 2.75) is 26.7 Å². The number of halogens is 1. The third kappa shape index (κ3) is 4.37. The van der Waals surface area contributed by atoms with Crippen molar-refractivity contribution in [3.05, 3.63) is 28.8 Å². The number of amides is 2. The zero-order chi connectivity index (χ0) is 13.7. The smallest absolute Gasteiger partial charge is 0.250 e. The molecule has 0 spiro atoms. The van der Waals surface area contributed by atoms with E-state index >= 15 is 0 Å². The first-order chi connectivity index (χ1) is 8.40. The maximum Gasteiger partial charge on any atom is 0.250 e. The van der Waals surface area contributed by atoms with Crippen LogP contribution in [0.5, 0.6) is 0 Å². The molecule has 0 aliphatic carbocycles. The Morgan fingerprint density at radius 1 is 1.39 bits per heavy atom. The highest BCUT2D eigenvalue weighted by Crippen LogP contribution is 2.21. The van der Waals surface area contributed by atoms with Crippen molar-refractivity contribution >= 4 is 29.1 Å². The van der Waals surface area contributed by atoms with Crippen LogP contribution in [-0.2, 0) is 4.79 Å². The number of anilines is 1. The molecule has 0 fully saturated rings. The van der Waals surface area contributed by atoms with Gasteiger partial charge in [0.15, 0.2) is 0 Å². The second-order valence-corrected chi connectivity index (χ2v) is 4.95. The van der Waals surface area contributed by atoms with Gasteiger partial charge < -0.3 is 11.1 Å². The van der Waals surface area contributed by atoms with Crippen LogP contribution in [0.3, 0.4) is 0 Å². The fraction of sp³-hybridized carbons (Fsp3) is 0.385. The summed E-state index contributed by atoms with van der Waals surface area (Å²) in [6, 6.07) is 4.64. The zero-order valence-electron chi connectivity index (χ0n) is 10.5. The fourth-order valence-corrected chi connectivity index (χ4v) is 1.71. The average molecular weight is 269 g/mol. The largest absolute Gasteiger partial charge is 0.366 e. The number of rotatable bonds is 5. The third-order valence-electron chi connectivity index (χ3n) is 2.47. The number of hydrogen-bond donors (Lipinski definition) is 2. The molecule has 0 heterocycles. The summed E-state index contributed by atoms with van der Waals surface area (Å²) in [7, 11) is 0. The third-order valence-corrected chi connectivity index (χ3v) is 2.78. The molecular formula is C13H17ClN2O2. The summed E-state index contributed by atoms with van der Waals surface area (Å²) in [6.07, 6.45) is 1.30. The van der Waals surface area contributed by atoms with Crippen molar-refractivity contribution in [1.82, 2.24) is 0 Å². The summed E-state index contributed by atoms with van der Waals surface area (Å²) in [5, 5.41) is 2.97. The topological polar surface area (TPSA) is 72.2 Å². The van der Waals surface area contributed by atoms with E-state index in [-0.39, 0.29) is 16.5 Å². The Hall–Kier alpha value is -1.55. The summed E-state index contributed by atoms with van der Waals surface area (Å²) >= 11 is 5.88. The second-order valence-electron chi connectivity index (χ2n) is 4.54. The van der Waals surface area contributed by atoms with Crippen molar-refractivity contribution in [3.63, 3.8) is 0 Å². The van der Waals surface area contributed by atoms with Crippen molar-refractivity contribution in [3.8, 4) is 0 Å². The molecule has 0 saturated carbocycles. The summed E-state index contributed by atoms with van der Waals surface area (Å²) in [6.45, 7) is 4.12. The van der Waals surface area contributed by atoms with Gasteiger partial charge in [-0.25, -0.2) is 0 Å². The van der Waals surface area contributed by atoms with Gasteiger partial charge in [-0.05, 0) is 30.5 Å². The van der Waals surface area contributed by atoms with E-state index in [1.54, 1.807) is 6.07 Å². The van der Waals surface area contributed by atoms with Crippen LogP contribution in [0.1, 0.15) is 37.0 Å². The highest BCUT2D eigenvalue weighted by atomic mass is 35.5. The van der Waals surface area contributed by atoms with E-state index in [9.17, 15) is 9.59 Å². The average Bonchev–Trinajstić information content (AvgIpc) is 2.26. The Morgan fingerprint density at radius 3 is 2.56 bits per heavy atom. The summed E-state index contributed by atoms with van der Waals surface area (Å²) in [4.78, 5) is 22.6. The van der Waals surface area contributed by atoms with Crippen molar-refractivity contribution in [2.24, 2.45) is 11.7 Å². The minimum Gasteiger partial charge on any atom is -0.366 e. The van der Waals surface area contributed by atoms with Gasteiger partial charge in [0.25, 0.3) is 0 Å². The minimum atomic E-state index is -0.585. The predicted octanol–water partition coefficient (Wildman–Crippen LogP) is 2.81. The fourth-order valence-electron chi connectivity index (χ4n) is 1.44. The predicted molar refractivity (Wildman–Crippen MR) is 72.7 cm³/mol. The summed E-state index contributed by atoms with van der Waals surface area (Å²) in [5.74, 6) is -0.166. The maximum absolute atomic E-state index is 11.6. The lowest BCUT2D eigenvalue weighted by atomic mass is 10.1. The van der Waals surface area contributed by atoms with Gasteiger partial charge >= 0.3 is 0 Å². The van der Waals surface area contributed by atoms with Crippen LogP contribution in [0.4, 0.5) is 5.69 Å². The van der Waals surface area contributed by atoms with Crippen molar-refractivity contribution < 1.29 is 9.59 Å². The summed E-state index contributed by atoms with van der Waals surface area (Å²) in [5.41, 5.74) is 5.95. The van der Waals surface area contributed by atoms with Gasteiger partial charge in [0, 0.05) is 12.1 Å². The number of carbonyl (C=O) groups is 2. The van der Waals surface area contributed by atoms with E-state index in [2.05, 4.69) is 19.2 Å². The molecule has 3 N–H and O–H groups in total. The first-order valence-electron chi connectivity index (χ1n) is 5.79. The number of carbonyl (C=O) groups excluding carboxylic acids is 2. The van der Waals surface area contributed by atoms with Crippen LogP contribution in [0.2, 0.25) is 5.02 Å². The van der Waals surface area contributed by atoms with Crippen LogP contribution in [-0.4, -0.2) is 11.8 Å². The minimum absolute atomic E-state index is 0.0633. The molecule has 0 aliphatic heterocycles. The lowest BCUT2D eigenvalue weighted by molar-refractivity contribution is -0.116. The Bertz CT molecular complexity index is 458. The number of benzene rings is 1. The van der Waals surface area contributed by atoms with Crippen molar-refractivity contribution in [1.29, 1.82) is 0 Å². The quantitative estimate of drug-likeness (QED) is 0.862.